The van der Waals surface area contributed by atoms with Crippen LogP contribution in [0.15, 0.2) is 97.6 Å². The normalized spacial score (nSPS) is 9.81. The van der Waals surface area contributed by atoms with Gasteiger partial charge < -0.3 is 10.6 Å². The van der Waals surface area contributed by atoms with E-state index in [1.165, 1.54) is 0 Å². The summed E-state index contributed by atoms with van der Waals surface area (Å²) >= 11 is 0. The molecule has 0 saturated carbocycles. The van der Waals surface area contributed by atoms with Crippen LogP contribution in [0.5, 0.6) is 0 Å². The van der Waals surface area contributed by atoms with Crippen molar-refractivity contribution >= 4 is 23.1 Å². The first-order valence-electron chi connectivity index (χ1n) is 9.50. The average molecular weight is 421 g/mol. The Bertz CT molecular complexity index is 781. The van der Waals surface area contributed by atoms with E-state index in [4.69, 9.17) is 0 Å². The first-order chi connectivity index (χ1) is 14.9. The van der Waals surface area contributed by atoms with Gasteiger partial charge in [0.25, 0.3) is 0 Å². The van der Waals surface area contributed by atoms with Crippen LogP contribution in [-0.4, -0.2) is 23.1 Å². The Kier molecular flexibility index (Phi) is 12.0. The molecule has 0 fully saturated rings. The Morgan fingerprint density at radius 1 is 0.419 bits per heavy atom. The zero-order valence-corrected chi connectivity index (χ0v) is 18.6. The van der Waals surface area contributed by atoms with E-state index in [0.29, 0.717) is 0 Å². The summed E-state index contributed by atoms with van der Waals surface area (Å²) < 4.78 is 0. The van der Waals surface area contributed by atoms with E-state index in [9.17, 15) is 0 Å². The van der Waals surface area contributed by atoms with Crippen molar-refractivity contribution in [1.29, 1.82) is 0 Å². The molecule has 0 atom stereocenters. The molecule has 4 rings (SSSR count). The van der Waals surface area contributed by atoms with Crippen molar-refractivity contribution in [3.05, 3.63) is 157 Å². The number of aromatic amines is 4. The van der Waals surface area contributed by atoms with Gasteiger partial charge in [0, 0.05) is 48.5 Å². The molecule has 0 spiro atoms. The number of rotatable bonds is 8. The maximum atomic E-state index is 4.20. The summed E-state index contributed by atoms with van der Waals surface area (Å²) in [7, 11) is 0. The van der Waals surface area contributed by atoms with Crippen LogP contribution in [0.1, 0.15) is 22.8 Å². The molecule has 4 N–H and O–H groups in total. The second-order valence-electron chi connectivity index (χ2n) is 6.09. The molecular weight excluding hydrogens is 397 g/mol. The SMILES string of the molecule is [CH]([N-][CH]c1cccc[nH+]1)c1cccc[nH+]1.[CH]([N-][CH]c1cccc[nH+]1)c1cccc[nH+]1.[Mg+2]. The van der Waals surface area contributed by atoms with Gasteiger partial charge in [-0.25, -0.2) is 19.9 Å². The second kappa shape index (κ2) is 15.1. The maximum absolute atomic E-state index is 4.20. The molecule has 0 bridgehead atoms. The fourth-order valence-electron chi connectivity index (χ4n) is 2.35. The van der Waals surface area contributed by atoms with Gasteiger partial charge in [-0.2, -0.15) is 0 Å². The van der Waals surface area contributed by atoms with E-state index in [2.05, 4.69) is 30.6 Å². The van der Waals surface area contributed by atoms with E-state index in [1.807, 2.05) is 97.6 Å². The van der Waals surface area contributed by atoms with Crippen LogP contribution in [0.25, 0.3) is 10.6 Å². The zero-order valence-electron chi connectivity index (χ0n) is 17.1. The summed E-state index contributed by atoms with van der Waals surface area (Å²) in [6.07, 6.45) is 7.48. The minimum absolute atomic E-state index is 0. The van der Waals surface area contributed by atoms with Crippen LogP contribution < -0.4 is 19.9 Å². The number of nitrogens with one attached hydrogen (secondary N) is 4. The monoisotopic (exact) mass is 420 g/mol. The summed E-state index contributed by atoms with van der Waals surface area (Å²) in [5, 5.41) is 8.40. The van der Waals surface area contributed by atoms with Crippen LogP contribution in [0.2, 0.25) is 0 Å². The molecule has 148 valence electrons. The number of aromatic nitrogens is 4. The Morgan fingerprint density at radius 3 is 0.871 bits per heavy atom. The van der Waals surface area contributed by atoms with Crippen LogP contribution >= 0.6 is 0 Å². The number of H-pyrrole nitrogens is 4. The van der Waals surface area contributed by atoms with Crippen molar-refractivity contribution in [2.45, 2.75) is 0 Å². The quantitative estimate of drug-likeness (QED) is 0.392. The Hall–Kier alpha value is -2.71. The summed E-state index contributed by atoms with van der Waals surface area (Å²) in [5.41, 5.74) is 3.91. The van der Waals surface area contributed by atoms with Gasteiger partial charge in [-0.3, -0.25) is 0 Å². The van der Waals surface area contributed by atoms with Gasteiger partial charge in [0.05, 0.1) is 0 Å². The minimum atomic E-state index is 0. The van der Waals surface area contributed by atoms with Crippen molar-refractivity contribution < 1.29 is 19.9 Å². The molecule has 6 nitrogen and oxygen atoms in total. The van der Waals surface area contributed by atoms with E-state index < -0.39 is 0 Å². The van der Waals surface area contributed by atoms with Crippen molar-refractivity contribution in [1.82, 2.24) is 0 Å². The minimum Gasteiger partial charge on any atom is -0.641 e. The largest absolute Gasteiger partial charge is 2.00 e. The van der Waals surface area contributed by atoms with Crippen LogP contribution in [-0.2, 0) is 0 Å². The van der Waals surface area contributed by atoms with Gasteiger partial charge in [-0.1, -0.05) is 50.4 Å². The Balaban J connectivity index is 0.000000213. The van der Waals surface area contributed by atoms with Crippen LogP contribution in [0.3, 0.4) is 0 Å². The number of hydrogen-bond donors (Lipinski definition) is 0. The molecule has 0 aliphatic heterocycles. The molecule has 4 heterocycles. The van der Waals surface area contributed by atoms with E-state index in [0.717, 1.165) is 22.8 Å². The first kappa shape index (κ1) is 24.6. The predicted molar refractivity (Wildman–Crippen MR) is 118 cm³/mol. The topological polar surface area (TPSA) is 84.8 Å². The fourth-order valence-corrected chi connectivity index (χ4v) is 2.35. The summed E-state index contributed by atoms with van der Waals surface area (Å²) in [4.78, 5) is 12.3. The summed E-state index contributed by atoms with van der Waals surface area (Å²) in [5.74, 6) is 0. The maximum Gasteiger partial charge on any atom is 2.00 e. The van der Waals surface area contributed by atoms with Crippen molar-refractivity contribution in [3.63, 3.8) is 0 Å². The molecule has 0 unspecified atom stereocenters. The van der Waals surface area contributed by atoms with Gasteiger partial charge >= 0.3 is 23.1 Å². The van der Waals surface area contributed by atoms with E-state index in [1.54, 1.807) is 26.2 Å². The van der Waals surface area contributed by atoms with Gasteiger partial charge in [0.1, 0.15) is 0 Å². The molecular formula is C24H24MgN6+4. The smallest absolute Gasteiger partial charge is 0.641 e. The average Bonchev–Trinajstić information content (AvgIpc) is 2.82. The van der Waals surface area contributed by atoms with Gasteiger partial charge in [-0.05, 0) is 0 Å². The zero-order chi connectivity index (χ0) is 20.7. The van der Waals surface area contributed by atoms with E-state index >= 15 is 0 Å². The number of hydrogen-bond acceptors (Lipinski definition) is 0. The summed E-state index contributed by atoms with van der Waals surface area (Å²) in [6, 6.07) is 23.5. The van der Waals surface area contributed by atoms with Crippen LogP contribution in [0, 0.1) is 26.2 Å². The molecule has 0 amide bonds. The number of nitrogens with zero attached hydrogens (tertiary/aromatic N) is 2. The Labute approximate surface area is 199 Å². The standard InChI is InChI=1S/2C12H10N3.Mg/c2*1-3-7-14-11(5-1)9-13-10-12-6-2-4-8-15-12;/h2*1-10H;/q2*-1;+2/p+4. The fraction of sp³-hybridized carbons (Fsp3) is 0. The molecule has 4 radical (unpaired) electrons. The molecule has 0 saturated heterocycles. The molecule has 7 heteroatoms. The second-order valence-corrected chi connectivity index (χ2v) is 6.09. The third-order valence-corrected chi connectivity index (χ3v) is 3.79. The molecule has 0 aliphatic rings. The molecule has 4 aromatic rings. The Morgan fingerprint density at radius 2 is 0.677 bits per heavy atom. The van der Waals surface area contributed by atoms with Crippen molar-refractivity contribution in [2.75, 3.05) is 0 Å². The first-order valence-corrected chi connectivity index (χ1v) is 9.50. The van der Waals surface area contributed by atoms with E-state index in [-0.39, 0.29) is 23.1 Å². The molecule has 31 heavy (non-hydrogen) atoms. The molecule has 4 aromatic heterocycles. The van der Waals surface area contributed by atoms with Gasteiger partial charge in [-0.15, -0.1) is 0 Å². The number of pyridine rings is 4. The van der Waals surface area contributed by atoms with Crippen molar-refractivity contribution in [3.8, 4) is 0 Å². The van der Waals surface area contributed by atoms with Crippen LogP contribution in [0.4, 0.5) is 0 Å². The van der Waals surface area contributed by atoms with Crippen molar-refractivity contribution in [2.24, 2.45) is 0 Å². The molecule has 0 aromatic carbocycles. The van der Waals surface area contributed by atoms with Gasteiger partial charge in [0.15, 0.2) is 47.6 Å². The summed E-state index contributed by atoms with van der Waals surface area (Å²) in [6.45, 7) is 7.11. The molecule has 0 aliphatic carbocycles. The van der Waals surface area contributed by atoms with Gasteiger partial charge in [0.2, 0.25) is 0 Å². The third kappa shape index (κ3) is 10.2. The third-order valence-electron chi connectivity index (χ3n) is 3.79. The predicted octanol–water partition coefficient (Wildman–Crippen LogP) is 2.44.